The monoisotopic (exact) mass is 372 g/mol. The highest BCUT2D eigenvalue weighted by atomic mass is 32.1. The summed E-state index contributed by atoms with van der Waals surface area (Å²) in [7, 11) is 3.77. The van der Waals surface area contributed by atoms with Crippen LogP contribution in [0.5, 0.6) is 5.75 Å². The second-order valence-corrected chi connectivity index (χ2v) is 7.46. The van der Waals surface area contributed by atoms with Crippen LogP contribution in [0.4, 0.5) is 5.69 Å². The molecule has 26 heavy (non-hydrogen) atoms. The zero-order valence-corrected chi connectivity index (χ0v) is 15.8. The molecule has 0 saturated carbocycles. The number of aromatic hydroxyl groups is 1. The van der Waals surface area contributed by atoms with Crippen molar-refractivity contribution in [2.75, 3.05) is 19.4 Å². The maximum atomic E-state index is 12.7. The van der Waals surface area contributed by atoms with E-state index in [9.17, 15) is 14.7 Å². The van der Waals surface area contributed by atoms with E-state index >= 15 is 0 Å². The number of benzene rings is 1. The Kier molecular flexibility index (Phi) is 4.80. The molecule has 0 unspecified atom stereocenters. The second-order valence-electron chi connectivity index (χ2n) is 6.46. The van der Waals surface area contributed by atoms with Gasteiger partial charge in [-0.3, -0.25) is 9.59 Å². The number of H-pyrrole nitrogens is 1. The molecule has 0 saturated heterocycles. The van der Waals surface area contributed by atoms with Crippen molar-refractivity contribution in [3.8, 4) is 5.75 Å². The Bertz CT molecular complexity index is 1050. The molecule has 3 rings (SSSR count). The fraction of sp³-hybridized carbons (Fsp3) is 0.278. The summed E-state index contributed by atoms with van der Waals surface area (Å²) < 4.78 is 0. The molecule has 3 aromatic rings. The predicted octanol–water partition coefficient (Wildman–Crippen LogP) is 2.62. The first kappa shape index (κ1) is 18.1. The molecule has 7 nitrogen and oxygen atoms in total. The van der Waals surface area contributed by atoms with Crippen LogP contribution in [0.25, 0.3) is 10.2 Å². The van der Waals surface area contributed by atoms with Crippen LogP contribution in [0.1, 0.15) is 26.6 Å². The van der Waals surface area contributed by atoms with Crippen LogP contribution in [0.2, 0.25) is 0 Å². The smallest absolute Gasteiger partial charge is 0.266 e. The summed E-state index contributed by atoms with van der Waals surface area (Å²) in [5.41, 5.74) is 1.58. The standard InChI is InChI=1S/C18H20N4O3S/c1-9-5-6-12(23)11(7-9)19-17(25)15-10(2)14-16(24)20-13(8-22(3)4)21-18(14)26-15/h5-7,23H,8H2,1-4H3,(H,19,25)(H,20,21,24). The lowest BCUT2D eigenvalue weighted by Crippen LogP contribution is -2.18. The van der Waals surface area contributed by atoms with Crippen LogP contribution in [-0.4, -0.2) is 40.0 Å². The molecule has 0 bridgehead atoms. The van der Waals surface area contributed by atoms with E-state index in [1.54, 1.807) is 19.1 Å². The van der Waals surface area contributed by atoms with Crippen LogP contribution in [0, 0.1) is 13.8 Å². The number of phenols is 1. The summed E-state index contributed by atoms with van der Waals surface area (Å²) in [6.07, 6.45) is 0. The predicted molar refractivity (Wildman–Crippen MR) is 103 cm³/mol. The quantitative estimate of drug-likeness (QED) is 0.612. The highest BCUT2D eigenvalue weighted by Crippen LogP contribution is 2.30. The summed E-state index contributed by atoms with van der Waals surface area (Å²) in [5, 5.41) is 13.1. The van der Waals surface area contributed by atoms with Gasteiger partial charge in [-0.1, -0.05) is 6.07 Å². The van der Waals surface area contributed by atoms with Crippen LogP contribution in [-0.2, 0) is 6.54 Å². The van der Waals surface area contributed by atoms with Crippen LogP contribution >= 0.6 is 11.3 Å². The van der Waals surface area contributed by atoms with Gasteiger partial charge in [-0.25, -0.2) is 4.98 Å². The van der Waals surface area contributed by atoms with Gasteiger partial charge in [-0.15, -0.1) is 11.3 Å². The number of rotatable bonds is 4. The van der Waals surface area contributed by atoms with E-state index in [1.165, 1.54) is 17.4 Å². The number of carbonyl (C=O) groups excluding carboxylic acids is 1. The average molecular weight is 372 g/mol. The molecule has 3 N–H and O–H groups in total. The molecule has 0 aliphatic heterocycles. The maximum absolute atomic E-state index is 12.7. The van der Waals surface area contributed by atoms with Crippen LogP contribution in [0.3, 0.4) is 0 Å². The summed E-state index contributed by atoms with van der Waals surface area (Å²) in [6.45, 7) is 4.10. The van der Waals surface area contributed by atoms with Gasteiger partial charge in [0.1, 0.15) is 16.4 Å². The maximum Gasteiger partial charge on any atom is 0.266 e. The molecule has 0 spiro atoms. The Morgan fingerprint density at radius 2 is 2.08 bits per heavy atom. The molecule has 2 aromatic heterocycles. The third-order valence-corrected chi connectivity index (χ3v) is 5.11. The largest absolute Gasteiger partial charge is 0.506 e. The van der Waals surface area contributed by atoms with E-state index in [0.29, 0.717) is 38.7 Å². The van der Waals surface area contributed by atoms with Gasteiger partial charge in [0, 0.05) is 0 Å². The minimum absolute atomic E-state index is 0.00745. The Hall–Kier alpha value is -2.71. The zero-order valence-electron chi connectivity index (χ0n) is 15.0. The molecule has 0 aliphatic rings. The summed E-state index contributed by atoms with van der Waals surface area (Å²) >= 11 is 1.17. The van der Waals surface area contributed by atoms with Crippen molar-refractivity contribution in [3.63, 3.8) is 0 Å². The molecule has 136 valence electrons. The van der Waals surface area contributed by atoms with Gasteiger partial charge in [0.15, 0.2) is 0 Å². The van der Waals surface area contributed by atoms with Crippen molar-refractivity contribution in [1.29, 1.82) is 0 Å². The van der Waals surface area contributed by atoms with Crippen molar-refractivity contribution in [2.24, 2.45) is 0 Å². The molecule has 0 fully saturated rings. The lowest BCUT2D eigenvalue weighted by molar-refractivity contribution is 0.102. The SMILES string of the molecule is Cc1ccc(O)c(NC(=O)c2sc3nc(CN(C)C)[nH]c(=O)c3c2C)c1. The Morgan fingerprint density at radius 3 is 2.77 bits per heavy atom. The first-order chi connectivity index (χ1) is 12.3. The number of nitrogens with one attached hydrogen (secondary N) is 2. The Morgan fingerprint density at radius 1 is 1.35 bits per heavy atom. The van der Waals surface area contributed by atoms with E-state index in [0.717, 1.165) is 5.56 Å². The molecule has 0 radical (unpaired) electrons. The number of thiophene rings is 1. The van der Waals surface area contributed by atoms with Gasteiger partial charge in [0.25, 0.3) is 11.5 Å². The van der Waals surface area contributed by atoms with E-state index in [2.05, 4.69) is 15.3 Å². The Balaban J connectivity index is 2.01. The molecule has 0 aliphatic carbocycles. The third-order valence-electron chi connectivity index (χ3n) is 3.92. The number of phenolic OH excluding ortho intramolecular Hbond substituents is 1. The van der Waals surface area contributed by atoms with Gasteiger partial charge in [-0.05, 0) is 51.2 Å². The fourth-order valence-electron chi connectivity index (χ4n) is 2.71. The van der Waals surface area contributed by atoms with Gasteiger partial charge in [0.2, 0.25) is 0 Å². The molecule has 0 atom stereocenters. The highest BCUT2D eigenvalue weighted by molar-refractivity contribution is 7.20. The van der Waals surface area contributed by atoms with E-state index in [4.69, 9.17) is 0 Å². The number of anilines is 1. The normalized spacial score (nSPS) is 11.3. The molecule has 1 amide bonds. The lowest BCUT2D eigenvalue weighted by Gasteiger charge is -2.08. The summed E-state index contributed by atoms with van der Waals surface area (Å²) in [4.78, 5) is 35.2. The van der Waals surface area contributed by atoms with Crippen molar-refractivity contribution in [2.45, 2.75) is 20.4 Å². The highest BCUT2D eigenvalue weighted by Gasteiger charge is 2.20. The van der Waals surface area contributed by atoms with E-state index < -0.39 is 0 Å². The first-order valence-electron chi connectivity index (χ1n) is 8.04. The number of hydrogen-bond donors (Lipinski definition) is 3. The second kappa shape index (κ2) is 6.89. The number of hydrogen-bond acceptors (Lipinski definition) is 6. The van der Waals surface area contributed by atoms with Crippen LogP contribution in [0.15, 0.2) is 23.0 Å². The molecule has 2 heterocycles. The van der Waals surface area contributed by atoms with E-state index in [1.807, 2.05) is 25.9 Å². The summed E-state index contributed by atoms with van der Waals surface area (Å²) in [5.74, 6) is 0.170. The van der Waals surface area contributed by atoms with Gasteiger partial charge >= 0.3 is 0 Å². The van der Waals surface area contributed by atoms with Gasteiger partial charge in [0.05, 0.1) is 22.5 Å². The minimum Gasteiger partial charge on any atom is -0.506 e. The van der Waals surface area contributed by atoms with Crippen molar-refractivity contribution in [1.82, 2.24) is 14.9 Å². The van der Waals surface area contributed by atoms with Crippen molar-refractivity contribution >= 4 is 33.1 Å². The lowest BCUT2D eigenvalue weighted by atomic mass is 10.2. The minimum atomic E-state index is -0.375. The number of aryl methyl sites for hydroxylation is 2. The molecular formula is C18H20N4O3S. The Labute approximate surface area is 154 Å². The van der Waals surface area contributed by atoms with Crippen molar-refractivity contribution in [3.05, 3.63) is 50.4 Å². The van der Waals surface area contributed by atoms with Crippen LogP contribution < -0.4 is 10.9 Å². The van der Waals surface area contributed by atoms with Gasteiger partial charge in [-0.2, -0.15) is 0 Å². The average Bonchev–Trinajstić information content (AvgIpc) is 2.87. The molecule has 1 aromatic carbocycles. The van der Waals surface area contributed by atoms with Gasteiger partial charge < -0.3 is 20.3 Å². The van der Waals surface area contributed by atoms with Crippen molar-refractivity contribution < 1.29 is 9.90 Å². The third kappa shape index (κ3) is 3.47. The van der Waals surface area contributed by atoms with E-state index in [-0.39, 0.29) is 17.2 Å². The fourth-order valence-corrected chi connectivity index (χ4v) is 3.80. The number of aromatic nitrogens is 2. The number of fused-ring (bicyclic) bond motifs is 1. The molecular weight excluding hydrogens is 352 g/mol. The first-order valence-corrected chi connectivity index (χ1v) is 8.86. The number of carbonyl (C=O) groups is 1. The number of amides is 1. The number of aromatic amines is 1. The zero-order chi connectivity index (χ0) is 19.0. The summed E-state index contributed by atoms with van der Waals surface area (Å²) in [6, 6.07) is 4.98. The topological polar surface area (TPSA) is 98.3 Å². The number of nitrogens with zero attached hydrogens (tertiary/aromatic N) is 2. The molecule has 8 heteroatoms.